The number of aromatic nitrogens is 4. The molecule has 0 saturated carbocycles. The zero-order chi connectivity index (χ0) is 30.3. The third-order valence-electron chi connectivity index (χ3n) is 8.05. The quantitative estimate of drug-likeness (QED) is 0.224. The third kappa shape index (κ3) is 5.11. The molecule has 42 heavy (non-hydrogen) atoms. The molecular formula is C34H34N4O4. The van der Waals surface area contributed by atoms with E-state index in [0.717, 1.165) is 78.0 Å². The summed E-state index contributed by atoms with van der Waals surface area (Å²) >= 11 is 0. The number of nitrogens with zero attached hydrogens (tertiary/aromatic N) is 2. The lowest BCUT2D eigenvalue weighted by Crippen LogP contribution is -1.98. The predicted octanol–water partition coefficient (Wildman–Crippen LogP) is 7.59. The van der Waals surface area contributed by atoms with Crippen LogP contribution in [0.5, 0.6) is 0 Å². The molecule has 214 valence electrons. The van der Waals surface area contributed by atoms with Crippen molar-refractivity contribution in [2.24, 2.45) is 0 Å². The first-order valence-corrected chi connectivity index (χ1v) is 13.9. The number of carbonyl (C=O) groups is 2. The number of hydrogen-bond acceptors (Lipinski definition) is 4. The van der Waals surface area contributed by atoms with Gasteiger partial charge in [0.2, 0.25) is 0 Å². The summed E-state index contributed by atoms with van der Waals surface area (Å²) in [6.07, 6.45) is 6.11. The minimum Gasteiger partial charge on any atom is -0.481 e. The smallest absolute Gasteiger partial charge is 0.303 e. The zero-order valence-corrected chi connectivity index (χ0v) is 24.3. The first-order chi connectivity index (χ1) is 20.0. The first-order valence-electron chi connectivity index (χ1n) is 13.9. The van der Waals surface area contributed by atoms with E-state index < -0.39 is 11.9 Å². The van der Waals surface area contributed by atoms with Crippen LogP contribution < -0.4 is 0 Å². The number of carboxylic acids is 2. The van der Waals surface area contributed by atoms with E-state index in [-0.39, 0.29) is 12.8 Å². The van der Waals surface area contributed by atoms with Crippen molar-refractivity contribution in [3.63, 3.8) is 0 Å². The van der Waals surface area contributed by atoms with E-state index >= 15 is 0 Å². The fourth-order valence-corrected chi connectivity index (χ4v) is 5.77. The number of H-pyrrole nitrogens is 2. The second-order valence-corrected chi connectivity index (χ2v) is 10.8. The van der Waals surface area contributed by atoms with Gasteiger partial charge >= 0.3 is 11.9 Å². The molecule has 2 aliphatic rings. The van der Waals surface area contributed by atoms with Crippen molar-refractivity contribution in [2.45, 2.75) is 53.4 Å². The lowest BCUT2D eigenvalue weighted by molar-refractivity contribution is -0.137. The summed E-state index contributed by atoms with van der Waals surface area (Å²) in [6.45, 7) is 16.1. The molecule has 8 bridgehead atoms. The molecule has 2 aliphatic heterocycles. The van der Waals surface area contributed by atoms with Crippen molar-refractivity contribution in [1.29, 1.82) is 0 Å². The van der Waals surface area contributed by atoms with E-state index in [9.17, 15) is 19.8 Å². The Balaban J connectivity index is 1.98. The lowest BCUT2D eigenvalue weighted by Gasteiger charge is -2.04. The molecule has 0 fully saturated rings. The van der Waals surface area contributed by atoms with Crippen LogP contribution in [0.4, 0.5) is 0 Å². The van der Waals surface area contributed by atoms with Crippen molar-refractivity contribution >= 4 is 69.0 Å². The fraction of sp³-hybridized carbons (Fsp3) is 0.235. The minimum atomic E-state index is -0.893. The van der Waals surface area contributed by atoms with E-state index in [2.05, 4.69) is 29.2 Å². The molecule has 5 rings (SSSR count). The number of aromatic amines is 2. The van der Waals surface area contributed by atoms with Crippen molar-refractivity contribution in [1.82, 2.24) is 19.9 Å². The van der Waals surface area contributed by atoms with Crippen LogP contribution in [0.25, 0.3) is 57.0 Å². The largest absolute Gasteiger partial charge is 0.481 e. The highest BCUT2D eigenvalue weighted by Crippen LogP contribution is 2.38. The molecule has 0 radical (unpaired) electrons. The summed E-state index contributed by atoms with van der Waals surface area (Å²) in [5.41, 5.74) is 13.4. The Morgan fingerprint density at radius 3 is 2.14 bits per heavy atom. The maximum Gasteiger partial charge on any atom is 0.303 e. The van der Waals surface area contributed by atoms with Crippen LogP contribution >= 0.6 is 0 Å². The Morgan fingerprint density at radius 2 is 1.48 bits per heavy atom. The normalized spacial score (nSPS) is 12.8. The summed E-state index contributed by atoms with van der Waals surface area (Å²) in [5, 5.41) is 18.9. The lowest BCUT2D eigenvalue weighted by atomic mass is 9.98. The van der Waals surface area contributed by atoms with Gasteiger partial charge in [0.05, 0.1) is 22.8 Å². The number of aliphatic carboxylic acids is 2. The average Bonchev–Trinajstić information content (AvgIpc) is 3.64. The number of hydrogen-bond donors (Lipinski definition) is 4. The highest BCUT2D eigenvalue weighted by atomic mass is 16.4. The molecule has 0 aliphatic carbocycles. The molecule has 0 atom stereocenters. The van der Waals surface area contributed by atoms with E-state index in [1.807, 2.05) is 45.9 Å². The maximum absolute atomic E-state index is 11.6. The highest BCUT2D eigenvalue weighted by molar-refractivity contribution is 5.97. The highest BCUT2D eigenvalue weighted by Gasteiger charge is 2.23. The zero-order valence-electron chi connectivity index (χ0n) is 24.3. The van der Waals surface area contributed by atoms with Gasteiger partial charge in [-0.1, -0.05) is 25.3 Å². The topological polar surface area (TPSA) is 132 Å². The number of fused-ring (bicyclic) bond motifs is 8. The van der Waals surface area contributed by atoms with Gasteiger partial charge in [-0.15, -0.1) is 0 Å². The van der Waals surface area contributed by atoms with Crippen molar-refractivity contribution < 1.29 is 19.8 Å². The Labute approximate surface area is 243 Å². The summed E-state index contributed by atoms with van der Waals surface area (Å²) in [5.74, 6) is -1.77. The molecular weight excluding hydrogens is 528 g/mol. The van der Waals surface area contributed by atoms with Gasteiger partial charge in [-0.3, -0.25) is 9.59 Å². The van der Waals surface area contributed by atoms with Crippen molar-refractivity contribution in [3.05, 3.63) is 81.9 Å². The molecule has 3 aromatic rings. The number of carboxylic acid groups (broad SMARTS) is 2. The van der Waals surface area contributed by atoms with E-state index in [1.165, 1.54) is 0 Å². The molecule has 0 spiro atoms. The van der Waals surface area contributed by atoms with Crippen LogP contribution in [0.1, 0.15) is 83.7 Å². The molecule has 8 heteroatoms. The predicted molar refractivity (Wildman–Crippen MR) is 170 cm³/mol. The average molecular weight is 563 g/mol. The Bertz CT molecular complexity index is 1920. The van der Waals surface area contributed by atoms with Crippen molar-refractivity contribution in [2.75, 3.05) is 0 Å². The summed E-state index contributed by atoms with van der Waals surface area (Å²) < 4.78 is 0. The molecule has 0 aromatic carbocycles. The second kappa shape index (κ2) is 11.1. The van der Waals surface area contributed by atoms with Gasteiger partial charge in [-0.2, -0.15) is 0 Å². The van der Waals surface area contributed by atoms with Crippen molar-refractivity contribution in [3.8, 4) is 0 Å². The van der Waals surface area contributed by atoms with Crippen LogP contribution in [0.2, 0.25) is 0 Å². The van der Waals surface area contributed by atoms with Gasteiger partial charge in [-0.05, 0) is 98.2 Å². The fourth-order valence-electron chi connectivity index (χ4n) is 5.77. The molecule has 0 amide bonds. The Morgan fingerprint density at radius 1 is 0.810 bits per heavy atom. The number of aryl methyl sites for hydroxylation is 3. The third-order valence-corrected chi connectivity index (χ3v) is 8.05. The second-order valence-electron chi connectivity index (χ2n) is 10.8. The summed E-state index contributed by atoms with van der Waals surface area (Å²) in [7, 11) is 0. The van der Waals surface area contributed by atoms with Crippen LogP contribution in [0, 0.1) is 13.8 Å². The Hall–Kier alpha value is -4.98. The molecule has 8 nitrogen and oxygen atoms in total. The minimum absolute atomic E-state index is 0.0224. The van der Waals surface area contributed by atoms with Gasteiger partial charge in [0.25, 0.3) is 0 Å². The number of rotatable bonds is 8. The summed E-state index contributed by atoms with van der Waals surface area (Å²) in [6, 6.07) is 6.02. The van der Waals surface area contributed by atoms with E-state index in [4.69, 9.17) is 9.97 Å². The first kappa shape index (κ1) is 28.5. The molecule has 0 unspecified atom stereocenters. The number of nitrogens with one attached hydrogen (secondary N) is 2. The Kier molecular flexibility index (Phi) is 7.56. The summed E-state index contributed by atoms with van der Waals surface area (Å²) in [4.78, 5) is 40.2. The SMILES string of the molecule is C=Cc1c2nc(c(C=C)c3cc(C)c(cc4[nH]c(cc5nc1C(C)=C5CCC(=O)O)c(CCC(=O)O)c4C)[nH]3)C(C)=C2. The van der Waals surface area contributed by atoms with Gasteiger partial charge in [0.15, 0.2) is 0 Å². The van der Waals surface area contributed by atoms with E-state index in [1.54, 1.807) is 12.2 Å². The van der Waals surface area contributed by atoms with Gasteiger partial charge < -0.3 is 20.2 Å². The van der Waals surface area contributed by atoms with Gasteiger partial charge in [0.1, 0.15) is 0 Å². The molecule has 0 saturated heterocycles. The molecule has 5 heterocycles. The standard InChI is InChI=1S/C34H34N4O4/c1-7-21-27-13-17(3)25(35-27)15-26-19(5)23(9-11-31(39)40)29(36-26)16-30-24(10-12-32(41)42)20(6)34(38-30)22(8-2)28-14-18(4)33(21)37-28/h7-8,13-16,35-36H,1-2,9-12H2,3-6H3,(H,39,40)(H,41,42). The maximum atomic E-state index is 11.6. The van der Waals surface area contributed by atoms with Crippen LogP contribution in [-0.2, 0) is 16.0 Å². The molecule has 3 aromatic heterocycles. The van der Waals surface area contributed by atoms with Gasteiger partial charge in [0, 0.05) is 46.0 Å². The van der Waals surface area contributed by atoms with Crippen LogP contribution in [0.3, 0.4) is 0 Å². The van der Waals surface area contributed by atoms with Gasteiger partial charge in [-0.25, -0.2) is 9.97 Å². The monoisotopic (exact) mass is 562 g/mol. The number of allylic oxidation sites excluding steroid dienone is 3. The van der Waals surface area contributed by atoms with E-state index in [0.29, 0.717) is 24.2 Å². The molecule has 4 N–H and O–H groups in total. The van der Waals surface area contributed by atoms with Crippen LogP contribution in [-0.4, -0.2) is 42.1 Å². The van der Waals surface area contributed by atoms with Crippen LogP contribution in [0.15, 0.2) is 31.4 Å².